The maximum atomic E-state index is 4.92. The normalized spacial score (nSPS) is 7.62. The van der Waals surface area contributed by atoms with Crippen LogP contribution in [0.3, 0.4) is 0 Å². The average Bonchev–Trinajstić information content (AvgIpc) is 2.14. The lowest BCUT2D eigenvalue weighted by Gasteiger charge is -1.82. The second-order valence-electron chi connectivity index (χ2n) is 1.03. The van der Waals surface area contributed by atoms with Crippen LogP contribution in [-0.4, -0.2) is 5.16 Å². The maximum Gasteiger partial charge on any atom is 0.183 e. The van der Waals surface area contributed by atoms with E-state index in [9.17, 15) is 0 Å². The van der Waals surface area contributed by atoms with E-state index < -0.39 is 0 Å². The first-order valence-corrected chi connectivity index (χ1v) is 1.80. The van der Waals surface area contributed by atoms with Crippen LogP contribution >= 0.6 is 12.4 Å². The van der Waals surface area contributed by atoms with Crippen LogP contribution in [0.5, 0.6) is 0 Å². The lowest BCUT2D eigenvalue weighted by atomic mass is 10.7. The van der Waals surface area contributed by atoms with Crippen molar-refractivity contribution in [3.8, 4) is 0 Å². The van der Waals surface area contributed by atoms with Crippen molar-refractivity contribution >= 4 is 18.2 Å². The molecular formula is C3H6ClN3O. The molecule has 0 saturated carbocycles. The molecule has 3 N–H and O–H groups in total. The van der Waals surface area contributed by atoms with Gasteiger partial charge < -0.3 is 9.95 Å². The van der Waals surface area contributed by atoms with Gasteiger partial charge in [-0.15, -0.1) is 12.4 Å². The summed E-state index contributed by atoms with van der Waals surface area (Å²) in [5.74, 6) is 5.46. The van der Waals surface area contributed by atoms with E-state index in [0.717, 1.165) is 0 Å². The third-order valence-electron chi connectivity index (χ3n) is 0.586. The zero-order chi connectivity index (χ0) is 5.11. The van der Waals surface area contributed by atoms with Crippen LogP contribution in [0.1, 0.15) is 0 Å². The largest absolute Gasteiger partial charge is 0.363 e. The van der Waals surface area contributed by atoms with E-state index in [1.807, 2.05) is 0 Å². The Kier molecular flexibility index (Phi) is 2.98. The highest BCUT2D eigenvalue weighted by molar-refractivity contribution is 5.85. The first-order chi connectivity index (χ1) is 3.43. The predicted molar refractivity (Wildman–Crippen MR) is 31.6 cm³/mol. The van der Waals surface area contributed by atoms with E-state index in [1.54, 1.807) is 6.07 Å². The van der Waals surface area contributed by atoms with E-state index in [1.165, 1.54) is 6.26 Å². The molecule has 5 heteroatoms. The molecule has 1 aromatic rings. The number of nitrogens with two attached hydrogens (primary N) is 1. The quantitative estimate of drug-likeness (QED) is 0.432. The fourth-order valence-electron chi connectivity index (χ4n) is 0.287. The molecule has 8 heavy (non-hydrogen) atoms. The topological polar surface area (TPSA) is 64.1 Å². The standard InChI is InChI=1S/C3H5N3O.ClH/c4-5-3-1-2-7-6-3;/h1-2H,4H2,(H,5,6);1H. The summed E-state index contributed by atoms with van der Waals surface area (Å²) in [5.41, 5.74) is 2.30. The summed E-state index contributed by atoms with van der Waals surface area (Å²) in [4.78, 5) is 0. The zero-order valence-electron chi connectivity index (χ0n) is 4.00. The molecule has 0 spiro atoms. The van der Waals surface area contributed by atoms with Gasteiger partial charge in [-0.1, -0.05) is 5.16 Å². The van der Waals surface area contributed by atoms with Crippen LogP contribution in [-0.2, 0) is 0 Å². The fourth-order valence-corrected chi connectivity index (χ4v) is 0.287. The molecule has 0 aliphatic carbocycles. The summed E-state index contributed by atoms with van der Waals surface area (Å²) < 4.78 is 4.41. The van der Waals surface area contributed by atoms with Gasteiger partial charge in [0.1, 0.15) is 6.26 Å². The molecule has 0 saturated heterocycles. The van der Waals surface area contributed by atoms with Crippen LogP contribution in [0.4, 0.5) is 5.82 Å². The lowest BCUT2D eigenvalue weighted by Crippen LogP contribution is -2.06. The highest BCUT2D eigenvalue weighted by atomic mass is 35.5. The van der Waals surface area contributed by atoms with Crippen molar-refractivity contribution in [3.05, 3.63) is 12.3 Å². The number of nitrogen functional groups attached to an aromatic ring is 1. The minimum atomic E-state index is 0. The first kappa shape index (κ1) is 7.26. The summed E-state index contributed by atoms with van der Waals surface area (Å²) in [6, 6.07) is 1.62. The van der Waals surface area contributed by atoms with Crippen molar-refractivity contribution in [2.45, 2.75) is 0 Å². The number of halogens is 1. The summed E-state index contributed by atoms with van der Waals surface area (Å²) >= 11 is 0. The third kappa shape index (κ3) is 1.40. The Morgan fingerprint density at radius 2 is 2.50 bits per heavy atom. The lowest BCUT2D eigenvalue weighted by molar-refractivity contribution is 0.422. The van der Waals surface area contributed by atoms with E-state index in [4.69, 9.17) is 5.84 Å². The second-order valence-corrected chi connectivity index (χ2v) is 1.03. The van der Waals surface area contributed by atoms with Crippen molar-refractivity contribution in [1.29, 1.82) is 0 Å². The van der Waals surface area contributed by atoms with Crippen molar-refractivity contribution in [2.24, 2.45) is 5.84 Å². The highest BCUT2D eigenvalue weighted by Gasteiger charge is 1.84. The Morgan fingerprint density at radius 3 is 2.75 bits per heavy atom. The third-order valence-corrected chi connectivity index (χ3v) is 0.586. The Morgan fingerprint density at radius 1 is 1.75 bits per heavy atom. The number of hydrogen-bond donors (Lipinski definition) is 2. The molecule has 46 valence electrons. The van der Waals surface area contributed by atoms with Crippen molar-refractivity contribution < 1.29 is 4.52 Å². The van der Waals surface area contributed by atoms with Crippen LogP contribution in [0.25, 0.3) is 0 Å². The molecule has 0 aliphatic heterocycles. The van der Waals surface area contributed by atoms with Crippen molar-refractivity contribution in [1.82, 2.24) is 5.16 Å². The Hall–Kier alpha value is -0.740. The molecule has 0 atom stereocenters. The second kappa shape index (κ2) is 3.29. The molecule has 1 heterocycles. The van der Waals surface area contributed by atoms with Gasteiger partial charge in [-0.2, -0.15) is 0 Å². The minimum Gasteiger partial charge on any atom is -0.363 e. The Bertz CT molecular complexity index is 129. The molecule has 0 fully saturated rings. The van der Waals surface area contributed by atoms with Gasteiger partial charge in [0.15, 0.2) is 5.82 Å². The molecule has 0 radical (unpaired) electrons. The van der Waals surface area contributed by atoms with Gasteiger partial charge >= 0.3 is 0 Å². The van der Waals surface area contributed by atoms with Crippen LogP contribution in [0, 0.1) is 0 Å². The van der Waals surface area contributed by atoms with Gasteiger partial charge in [0.2, 0.25) is 0 Å². The molecule has 0 aliphatic rings. The minimum absolute atomic E-state index is 0. The molecule has 4 nitrogen and oxygen atoms in total. The van der Waals surface area contributed by atoms with E-state index in [-0.39, 0.29) is 12.4 Å². The van der Waals surface area contributed by atoms with Gasteiger partial charge in [0.25, 0.3) is 0 Å². The maximum absolute atomic E-state index is 4.92. The van der Waals surface area contributed by atoms with Gasteiger partial charge in [-0.3, -0.25) is 0 Å². The Labute approximate surface area is 52.4 Å². The molecule has 0 amide bonds. The van der Waals surface area contributed by atoms with E-state index >= 15 is 0 Å². The molecule has 0 unspecified atom stereocenters. The Balaban J connectivity index is 0.000000490. The smallest absolute Gasteiger partial charge is 0.183 e. The number of nitrogens with zero attached hydrogens (tertiary/aromatic N) is 1. The molecule has 1 rings (SSSR count). The monoisotopic (exact) mass is 135 g/mol. The predicted octanol–water partition coefficient (Wildman–Crippen LogP) is 0.382. The molecule has 1 aromatic heterocycles. The highest BCUT2D eigenvalue weighted by Crippen LogP contribution is 1.95. The van der Waals surface area contributed by atoms with Gasteiger partial charge in [-0.05, 0) is 0 Å². The van der Waals surface area contributed by atoms with Gasteiger partial charge in [0, 0.05) is 6.07 Å². The van der Waals surface area contributed by atoms with E-state index in [0.29, 0.717) is 5.82 Å². The summed E-state index contributed by atoms with van der Waals surface area (Å²) in [5, 5.41) is 3.42. The first-order valence-electron chi connectivity index (χ1n) is 1.80. The number of rotatable bonds is 1. The molecule has 0 aromatic carbocycles. The summed E-state index contributed by atoms with van der Waals surface area (Å²) in [6.45, 7) is 0. The number of anilines is 1. The van der Waals surface area contributed by atoms with Gasteiger partial charge in [0.05, 0.1) is 0 Å². The molecule has 0 bridgehead atoms. The number of hydrogen-bond acceptors (Lipinski definition) is 4. The van der Waals surface area contributed by atoms with Crippen molar-refractivity contribution in [2.75, 3.05) is 5.43 Å². The number of aromatic nitrogens is 1. The summed E-state index contributed by atoms with van der Waals surface area (Å²) in [6.07, 6.45) is 1.44. The SMILES string of the molecule is Cl.NNc1ccon1. The number of nitrogens with one attached hydrogen (secondary N) is 1. The van der Waals surface area contributed by atoms with Crippen LogP contribution in [0.15, 0.2) is 16.9 Å². The van der Waals surface area contributed by atoms with Crippen LogP contribution < -0.4 is 11.3 Å². The fraction of sp³-hybridized carbons (Fsp3) is 0. The van der Waals surface area contributed by atoms with E-state index in [2.05, 4.69) is 15.1 Å². The van der Waals surface area contributed by atoms with Crippen molar-refractivity contribution in [3.63, 3.8) is 0 Å². The molecular weight excluding hydrogens is 130 g/mol. The average molecular weight is 136 g/mol. The summed E-state index contributed by atoms with van der Waals surface area (Å²) in [7, 11) is 0. The number of hydrazine groups is 1. The zero-order valence-corrected chi connectivity index (χ0v) is 4.81. The van der Waals surface area contributed by atoms with Crippen LogP contribution in [0.2, 0.25) is 0 Å². The van der Waals surface area contributed by atoms with Gasteiger partial charge in [-0.25, -0.2) is 5.84 Å².